The molecule has 1 heterocycles. The standard InChI is InChI=1S/C29H44FN3O/c1-6-25(26-11-10-12-26)20-32-23(4)28(5,21-29(34-7-2)13-8-9-14-29)15-16-31-18-24-17-22(3)27(30)33-19-24/h6,17,19-20,26,31H,4,7-16,18,21H2,1-3,5H3/b25-6+,32-20-/t28-/m0/s1. The predicted molar refractivity (Wildman–Crippen MR) is 140 cm³/mol. The normalized spacial score (nSPS) is 20.4. The highest BCUT2D eigenvalue weighted by Gasteiger charge is 2.42. The molecule has 1 aromatic rings. The molecule has 2 fully saturated rings. The molecular formula is C29H44FN3O. The van der Waals surface area contributed by atoms with E-state index < -0.39 is 5.95 Å². The first-order valence-electron chi connectivity index (χ1n) is 13.2. The van der Waals surface area contributed by atoms with E-state index in [1.807, 2.05) is 6.07 Å². The van der Waals surface area contributed by atoms with E-state index in [1.54, 1.807) is 13.1 Å². The lowest BCUT2D eigenvalue weighted by atomic mass is 9.73. The smallest absolute Gasteiger partial charge is 0.215 e. The van der Waals surface area contributed by atoms with E-state index in [0.717, 1.165) is 50.1 Å². The first-order chi connectivity index (χ1) is 16.3. The maximum atomic E-state index is 13.5. The van der Waals surface area contributed by atoms with Crippen molar-refractivity contribution in [2.75, 3.05) is 13.2 Å². The SMILES string of the molecule is C=C(/N=C\C(=C/C)C1CCC1)[C@@](C)(CCNCc1cnc(F)c(C)c1)CC1(OCC)CCCC1. The number of hydrogen-bond acceptors (Lipinski definition) is 4. The van der Waals surface area contributed by atoms with Gasteiger partial charge < -0.3 is 10.1 Å². The van der Waals surface area contributed by atoms with Gasteiger partial charge in [0, 0.05) is 42.2 Å². The van der Waals surface area contributed by atoms with Crippen LogP contribution in [0.1, 0.15) is 89.7 Å². The molecule has 188 valence electrons. The number of aromatic nitrogens is 1. The van der Waals surface area contributed by atoms with Gasteiger partial charge in [-0.25, -0.2) is 4.98 Å². The highest BCUT2D eigenvalue weighted by molar-refractivity contribution is 5.80. The van der Waals surface area contributed by atoms with Crippen LogP contribution in [0.25, 0.3) is 0 Å². The number of nitrogens with zero attached hydrogens (tertiary/aromatic N) is 2. The zero-order chi connectivity index (χ0) is 24.6. The van der Waals surface area contributed by atoms with Crippen LogP contribution in [0.2, 0.25) is 0 Å². The molecule has 0 unspecified atom stereocenters. The number of aliphatic imine (C=N–C) groups is 1. The number of allylic oxidation sites excluding steroid dienone is 3. The Kier molecular flexibility index (Phi) is 9.61. The summed E-state index contributed by atoms with van der Waals surface area (Å²) in [6, 6.07) is 1.86. The van der Waals surface area contributed by atoms with E-state index in [2.05, 4.69) is 49.9 Å². The minimum Gasteiger partial charge on any atom is -0.375 e. The predicted octanol–water partition coefficient (Wildman–Crippen LogP) is 7.09. The van der Waals surface area contributed by atoms with Crippen LogP contribution in [0.15, 0.2) is 41.2 Å². The van der Waals surface area contributed by atoms with Crippen molar-refractivity contribution in [3.05, 3.63) is 53.3 Å². The molecule has 3 rings (SSSR count). The summed E-state index contributed by atoms with van der Waals surface area (Å²) >= 11 is 0. The Morgan fingerprint density at radius 2 is 2.09 bits per heavy atom. The number of nitrogens with one attached hydrogen (secondary N) is 1. The summed E-state index contributed by atoms with van der Waals surface area (Å²) in [4.78, 5) is 8.78. The molecule has 0 spiro atoms. The Morgan fingerprint density at radius 3 is 2.68 bits per heavy atom. The number of hydrogen-bond donors (Lipinski definition) is 1. The Hall–Kier alpha value is -1.85. The van der Waals surface area contributed by atoms with Gasteiger partial charge in [-0.05, 0) is 89.0 Å². The summed E-state index contributed by atoms with van der Waals surface area (Å²) in [7, 11) is 0. The highest BCUT2D eigenvalue weighted by Crippen LogP contribution is 2.47. The van der Waals surface area contributed by atoms with Gasteiger partial charge in [0.1, 0.15) is 0 Å². The first-order valence-corrected chi connectivity index (χ1v) is 13.2. The first kappa shape index (κ1) is 26.7. The molecule has 0 amide bonds. The molecule has 0 saturated heterocycles. The fourth-order valence-electron chi connectivity index (χ4n) is 5.52. The molecule has 1 N–H and O–H groups in total. The van der Waals surface area contributed by atoms with Crippen LogP contribution >= 0.6 is 0 Å². The third kappa shape index (κ3) is 6.85. The quantitative estimate of drug-likeness (QED) is 0.191. The van der Waals surface area contributed by atoms with Gasteiger partial charge in [0.2, 0.25) is 5.95 Å². The van der Waals surface area contributed by atoms with Crippen LogP contribution in [0.3, 0.4) is 0 Å². The molecule has 2 saturated carbocycles. The van der Waals surface area contributed by atoms with Gasteiger partial charge in [0.05, 0.1) is 5.60 Å². The zero-order valence-electron chi connectivity index (χ0n) is 21.8. The number of rotatable bonds is 13. The van der Waals surface area contributed by atoms with Crippen LogP contribution in [-0.2, 0) is 11.3 Å². The van der Waals surface area contributed by atoms with Crippen molar-refractivity contribution in [3.63, 3.8) is 0 Å². The van der Waals surface area contributed by atoms with Crippen molar-refractivity contribution < 1.29 is 9.13 Å². The fourth-order valence-corrected chi connectivity index (χ4v) is 5.52. The summed E-state index contributed by atoms with van der Waals surface area (Å²) in [6.45, 7) is 15.0. The van der Waals surface area contributed by atoms with Crippen molar-refractivity contribution in [2.24, 2.45) is 16.3 Å². The second-order valence-electron chi connectivity index (χ2n) is 10.6. The average Bonchev–Trinajstić information content (AvgIpc) is 3.22. The van der Waals surface area contributed by atoms with Crippen LogP contribution in [0, 0.1) is 24.2 Å². The van der Waals surface area contributed by atoms with Crippen molar-refractivity contribution in [2.45, 2.75) is 97.6 Å². The molecule has 1 aromatic heterocycles. The second kappa shape index (κ2) is 12.2. The van der Waals surface area contributed by atoms with Gasteiger partial charge in [-0.2, -0.15) is 4.39 Å². The minimum atomic E-state index is -0.398. The molecule has 5 heteroatoms. The largest absolute Gasteiger partial charge is 0.375 e. The minimum absolute atomic E-state index is 0.0721. The molecule has 4 nitrogen and oxygen atoms in total. The van der Waals surface area contributed by atoms with E-state index in [4.69, 9.17) is 9.73 Å². The van der Waals surface area contributed by atoms with E-state index in [9.17, 15) is 4.39 Å². The molecule has 1 atom stereocenters. The van der Waals surface area contributed by atoms with Gasteiger partial charge in [0.25, 0.3) is 0 Å². The summed E-state index contributed by atoms with van der Waals surface area (Å²) in [5.41, 5.74) is 3.62. The van der Waals surface area contributed by atoms with Crippen molar-refractivity contribution in [1.82, 2.24) is 10.3 Å². The van der Waals surface area contributed by atoms with Crippen LogP contribution < -0.4 is 5.32 Å². The summed E-state index contributed by atoms with van der Waals surface area (Å²) in [5, 5.41) is 3.53. The maximum absolute atomic E-state index is 13.5. The monoisotopic (exact) mass is 469 g/mol. The van der Waals surface area contributed by atoms with Gasteiger partial charge in [0.15, 0.2) is 0 Å². The van der Waals surface area contributed by atoms with Crippen molar-refractivity contribution in [1.29, 1.82) is 0 Å². The molecule has 0 bridgehead atoms. The third-order valence-electron chi connectivity index (χ3n) is 7.91. The van der Waals surface area contributed by atoms with Crippen LogP contribution in [-0.4, -0.2) is 30.0 Å². The Bertz CT molecular complexity index is 883. The lowest BCUT2D eigenvalue weighted by Gasteiger charge is -2.40. The topological polar surface area (TPSA) is 46.5 Å². The van der Waals surface area contributed by atoms with Crippen molar-refractivity contribution in [3.8, 4) is 0 Å². The zero-order valence-corrected chi connectivity index (χ0v) is 21.8. The van der Waals surface area contributed by atoms with Crippen LogP contribution in [0.5, 0.6) is 0 Å². The summed E-state index contributed by atoms with van der Waals surface area (Å²) in [6.07, 6.45) is 16.3. The number of pyridine rings is 1. The number of halogens is 1. The molecule has 0 aromatic carbocycles. The van der Waals surface area contributed by atoms with E-state index in [-0.39, 0.29) is 11.0 Å². The van der Waals surface area contributed by atoms with E-state index >= 15 is 0 Å². The van der Waals surface area contributed by atoms with E-state index in [1.165, 1.54) is 37.7 Å². The highest BCUT2D eigenvalue weighted by atomic mass is 19.1. The lowest BCUT2D eigenvalue weighted by molar-refractivity contribution is -0.0607. The number of ether oxygens (including phenoxy) is 1. The molecule has 0 aliphatic heterocycles. The van der Waals surface area contributed by atoms with E-state index in [0.29, 0.717) is 18.0 Å². The van der Waals surface area contributed by atoms with Gasteiger partial charge in [-0.1, -0.05) is 38.8 Å². The lowest BCUT2D eigenvalue weighted by Crippen LogP contribution is -2.38. The van der Waals surface area contributed by atoms with Gasteiger partial charge in [-0.15, -0.1) is 0 Å². The van der Waals surface area contributed by atoms with Crippen molar-refractivity contribution >= 4 is 6.21 Å². The molecule has 0 radical (unpaired) electrons. The molecule has 34 heavy (non-hydrogen) atoms. The number of aryl methyl sites for hydroxylation is 1. The second-order valence-corrected chi connectivity index (χ2v) is 10.6. The summed E-state index contributed by atoms with van der Waals surface area (Å²) in [5.74, 6) is 0.262. The molecular weight excluding hydrogens is 425 g/mol. The summed E-state index contributed by atoms with van der Waals surface area (Å²) < 4.78 is 19.9. The third-order valence-corrected chi connectivity index (χ3v) is 7.91. The Balaban J connectivity index is 1.69. The Morgan fingerprint density at radius 1 is 1.35 bits per heavy atom. The Labute approximate surface area is 206 Å². The average molecular weight is 470 g/mol. The van der Waals surface area contributed by atoms with Gasteiger partial charge >= 0.3 is 0 Å². The molecule has 2 aliphatic rings. The fraction of sp³-hybridized carbons (Fsp3) is 0.655. The maximum Gasteiger partial charge on any atom is 0.215 e. The van der Waals surface area contributed by atoms with Crippen LogP contribution in [0.4, 0.5) is 4.39 Å². The molecule has 2 aliphatic carbocycles. The van der Waals surface area contributed by atoms with Gasteiger partial charge in [-0.3, -0.25) is 4.99 Å².